The summed E-state index contributed by atoms with van der Waals surface area (Å²) >= 11 is 0. The molecule has 1 aliphatic heterocycles. The van der Waals surface area contributed by atoms with Crippen LogP contribution in [-0.4, -0.2) is 88.6 Å². The van der Waals surface area contributed by atoms with Gasteiger partial charge in [-0.1, -0.05) is 140 Å². The van der Waals surface area contributed by atoms with E-state index in [4.69, 9.17) is 9.47 Å². The molecule has 1 rings (SSSR count). The molecular formula is C46H87N3O2. The van der Waals surface area contributed by atoms with Gasteiger partial charge in [-0.05, 0) is 84.1 Å². The Labute approximate surface area is 319 Å². The summed E-state index contributed by atoms with van der Waals surface area (Å²) in [5.41, 5.74) is 0. The van der Waals surface area contributed by atoms with Gasteiger partial charge in [-0.3, -0.25) is 4.90 Å². The van der Waals surface area contributed by atoms with Crippen LogP contribution in [0.3, 0.4) is 0 Å². The molecule has 298 valence electrons. The van der Waals surface area contributed by atoms with E-state index in [1.807, 2.05) is 0 Å². The van der Waals surface area contributed by atoms with E-state index in [1.54, 1.807) is 0 Å². The molecule has 5 nitrogen and oxygen atoms in total. The first-order valence-corrected chi connectivity index (χ1v) is 22.2. The van der Waals surface area contributed by atoms with Crippen molar-refractivity contribution in [3.63, 3.8) is 0 Å². The van der Waals surface area contributed by atoms with Crippen molar-refractivity contribution < 1.29 is 9.47 Å². The van der Waals surface area contributed by atoms with Crippen LogP contribution >= 0.6 is 0 Å². The first kappa shape index (κ1) is 47.8. The predicted octanol–water partition coefficient (Wildman–Crippen LogP) is 11.9. The SMILES string of the molecule is CCCCC/C=C\C/C=C\CCCCCCCCOCC(COCCCCCCCC/C=C\C/C=C\CCCCC)NCCN1CCN(C)CC1. The monoisotopic (exact) mass is 714 g/mol. The fourth-order valence-electron chi connectivity index (χ4n) is 6.50. The lowest BCUT2D eigenvalue weighted by molar-refractivity contribution is 0.0513. The second-order valence-corrected chi connectivity index (χ2v) is 15.1. The molecule has 0 unspecified atom stereocenters. The van der Waals surface area contributed by atoms with Gasteiger partial charge in [0.15, 0.2) is 0 Å². The lowest BCUT2D eigenvalue weighted by Gasteiger charge is -2.32. The molecule has 1 saturated heterocycles. The van der Waals surface area contributed by atoms with Crippen LogP contribution in [0.1, 0.15) is 168 Å². The Balaban J connectivity index is 2.07. The molecule has 0 saturated carbocycles. The predicted molar refractivity (Wildman–Crippen MR) is 226 cm³/mol. The van der Waals surface area contributed by atoms with E-state index in [0.29, 0.717) is 0 Å². The first-order chi connectivity index (χ1) is 25.3. The molecular weight excluding hydrogens is 627 g/mol. The maximum Gasteiger partial charge on any atom is 0.0642 e. The molecule has 0 radical (unpaired) electrons. The molecule has 0 spiro atoms. The Bertz CT molecular complexity index is 750. The third-order valence-corrected chi connectivity index (χ3v) is 10.1. The largest absolute Gasteiger partial charge is 0.380 e. The Morgan fingerprint density at radius 3 is 1.31 bits per heavy atom. The van der Waals surface area contributed by atoms with Gasteiger partial charge in [-0.15, -0.1) is 0 Å². The summed E-state index contributed by atoms with van der Waals surface area (Å²) in [6.45, 7) is 14.6. The minimum Gasteiger partial charge on any atom is -0.380 e. The summed E-state index contributed by atoms with van der Waals surface area (Å²) in [4.78, 5) is 5.01. The fraction of sp³-hybridized carbons (Fsp3) is 0.826. The highest BCUT2D eigenvalue weighted by molar-refractivity contribution is 4.93. The van der Waals surface area contributed by atoms with Crippen LogP contribution in [0.2, 0.25) is 0 Å². The number of likely N-dealkylation sites (N-methyl/N-ethyl adjacent to an activating group) is 1. The van der Waals surface area contributed by atoms with Crippen molar-refractivity contribution in [3.05, 3.63) is 48.6 Å². The number of rotatable bonds is 38. The van der Waals surface area contributed by atoms with E-state index in [1.165, 1.54) is 167 Å². The molecule has 0 bridgehead atoms. The van der Waals surface area contributed by atoms with Crippen molar-refractivity contribution in [2.24, 2.45) is 0 Å². The Morgan fingerprint density at radius 2 is 0.882 bits per heavy atom. The van der Waals surface area contributed by atoms with Gasteiger partial charge in [0.05, 0.1) is 19.3 Å². The second kappa shape index (κ2) is 40.0. The average Bonchev–Trinajstić information content (AvgIpc) is 3.14. The number of allylic oxidation sites excluding steroid dienone is 8. The van der Waals surface area contributed by atoms with Gasteiger partial charge in [0.25, 0.3) is 0 Å². The number of piperazine rings is 1. The summed E-state index contributed by atoms with van der Waals surface area (Å²) in [6, 6.07) is 0.284. The summed E-state index contributed by atoms with van der Waals surface area (Å²) in [5, 5.41) is 3.77. The number of unbranched alkanes of at least 4 members (excludes halogenated alkanes) is 18. The zero-order valence-corrected chi connectivity index (χ0v) is 34.4. The summed E-state index contributed by atoms with van der Waals surface area (Å²) in [5.74, 6) is 0. The van der Waals surface area contributed by atoms with Gasteiger partial charge >= 0.3 is 0 Å². The van der Waals surface area contributed by atoms with E-state index in [2.05, 4.69) is 84.6 Å². The Morgan fingerprint density at radius 1 is 0.490 bits per heavy atom. The van der Waals surface area contributed by atoms with Crippen molar-refractivity contribution in [1.29, 1.82) is 0 Å². The van der Waals surface area contributed by atoms with Crippen LogP contribution in [0.15, 0.2) is 48.6 Å². The maximum atomic E-state index is 6.17. The van der Waals surface area contributed by atoms with Gasteiger partial charge in [-0.25, -0.2) is 0 Å². The van der Waals surface area contributed by atoms with Crippen LogP contribution in [0.25, 0.3) is 0 Å². The minimum atomic E-state index is 0.284. The van der Waals surface area contributed by atoms with Crippen LogP contribution in [0.5, 0.6) is 0 Å². The molecule has 1 aliphatic rings. The van der Waals surface area contributed by atoms with Gasteiger partial charge in [0, 0.05) is 52.5 Å². The van der Waals surface area contributed by atoms with Gasteiger partial charge in [0.1, 0.15) is 0 Å². The zero-order chi connectivity index (χ0) is 36.6. The molecule has 1 heterocycles. The smallest absolute Gasteiger partial charge is 0.0642 e. The number of hydrogen-bond donors (Lipinski definition) is 1. The molecule has 0 aliphatic carbocycles. The number of nitrogens with one attached hydrogen (secondary N) is 1. The molecule has 0 atom stereocenters. The standard InChI is InChI=1S/C46H87N3O2/c1-4-6-8-10-12-14-16-18-20-22-24-26-28-30-32-34-42-50-44-46(47-36-37-49-40-38-48(3)39-41-49)45-51-43-35-33-31-29-27-25-23-21-19-17-15-13-11-9-7-5-2/h12-15,18-21,46-47H,4-11,16-17,22-45H2,1-3H3/b14-12-,15-13-,20-18-,21-19-. The van der Waals surface area contributed by atoms with Crippen LogP contribution in [0, 0.1) is 0 Å². The number of nitrogens with zero attached hydrogens (tertiary/aromatic N) is 2. The van der Waals surface area contributed by atoms with E-state index in [0.717, 1.165) is 52.4 Å². The lowest BCUT2D eigenvalue weighted by Crippen LogP contribution is -2.48. The van der Waals surface area contributed by atoms with Crippen molar-refractivity contribution in [1.82, 2.24) is 15.1 Å². The molecule has 0 aromatic carbocycles. The van der Waals surface area contributed by atoms with E-state index < -0.39 is 0 Å². The Kier molecular flexibility index (Phi) is 37.4. The molecule has 51 heavy (non-hydrogen) atoms. The molecule has 0 amide bonds. The van der Waals surface area contributed by atoms with Crippen LogP contribution < -0.4 is 5.32 Å². The van der Waals surface area contributed by atoms with Crippen LogP contribution in [-0.2, 0) is 9.47 Å². The summed E-state index contributed by atoms with van der Waals surface area (Å²) in [6.07, 6.45) is 49.6. The lowest BCUT2D eigenvalue weighted by atomic mass is 10.1. The molecule has 1 fully saturated rings. The highest BCUT2D eigenvalue weighted by Crippen LogP contribution is 2.10. The van der Waals surface area contributed by atoms with E-state index >= 15 is 0 Å². The third kappa shape index (κ3) is 35.6. The zero-order valence-electron chi connectivity index (χ0n) is 34.4. The summed E-state index contributed by atoms with van der Waals surface area (Å²) in [7, 11) is 2.23. The molecule has 0 aromatic heterocycles. The van der Waals surface area contributed by atoms with Crippen molar-refractivity contribution >= 4 is 0 Å². The van der Waals surface area contributed by atoms with Crippen molar-refractivity contribution in [2.75, 3.05) is 72.7 Å². The van der Waals surface area contributed by atoms with Gasteiger partial charge in [0.2, 0.25) is 0 Å². The molecule has 5 heteroatoms. The fourth-order valence-corrected chi connectivity index (χ4v) is 6.50. The van der Waals surface area contributed by atoms with E-state index in [-0.39, 0.29) is 6.04 Å². The number of hydrogen-bond acceptors (Lipinski definition) is 5. The highest BCUT2D eigenvalue weighted by Gasteiger charge is 2.14. The normalized spacial score (nSPS) is 15.0. The Hall–Kier alpha value is -1.24. The highest BCUT2D eigenvalue weighted by atomic mass is 16.5. The maximum absolute atomic E-state index is 6.17. The van der Waals surface area contributed by atoms with E-state index in [9.17, 15) is 0 Å². The molecule has 1 N–H and O–H groups in total. The van der Waals surface area contributed by atoms with Crippen molar-refractivity contribution in [3.8, 4) is 0 Å². The minimum absolute atomic E-state index is 0.284. The molecule has 0 aromatic rings. The number of ether oxygens (including phenoxy) is 2. The van der Waals surface area contributed by atoms with Gasteiger partial charge < -0.3 is 19.7 Å². The average molecular weight is 714 g/mol. The topological polar surface area (TPSA) is 37.0 Å². The first-order valence-electron chi connectivity index (χ1n) is 22.2. The third-order valence-electron chi connectivity index (χ3n) is 10.1. The quantitative estimate of drug-likeness (QED) is 0.0509. The second-order valence-electron chi connectivity index (χ2n) is 15.1. The summed E-state index contributed by atoms with van der Waals surface area (Å²) < 4.78 is 12.3. The van der Waals surface area contributed by atoms with Gasteiger partial charge in [-0.2, -0.15) is 0 Å². The van der Waals surface area contributed by atoms with Crippen molar-refractivity contribution in [2.45, 2.75) is 174 Å². The van der Waals surface area contributed by atoms with Crippen LogP contribution in [0.4, 0.5) is 0 Å².